The first kappa shape index (κ1) is 12.5. The topological polar surface area (TPSA) is 51.0 Å². The van der Waals surface area contributed by atoms with Crippen molar-refractivity contribution in [1.29, 1.82) is 0 Å². The third-order valence-corrected chi connectivity index (χ3v) is 4.12. The molecular formula is C17H17N3O. The van der Waals surface area contributed by atoms with Crippen LogP contribution >= 0.6 is 0 Å². The molecule has 1 N–H and O–H groups in total. The maximum absolute atomic E-state index is 5.51. The normalized spacial score (nSPS) is 19.0. The van der Waals surface area contributed by atoms with Crippen LogP contribution in [0.5, 0.6) is 0 Å². The second kappa shape index (κ2) is 5.30. The summed E-state index contributed by atoms with van der Waals surface area (Å²) in [7, 11) is 0. The molecule has 0 saturated carbocycles. The highest BCUT2D eigenvalue weighted by molar-refractivity contribution is 5.94. The zero-order chi connectivity index (χ0) is 14.1. The molecule has 4 rings (SSSR count). The van der Waals surface area contributed by atoms with Crippen molar-refractivity contribution in [3.05, 3.63) is 48.4 Å². The Morgan fingerprint density at radius 1 is 1.10 bits per heavy atom. The van der Waals surface area contributed by atoms with Crippen LogP contribution in [0, 0.1) is 0 Å². The molecule has 0 aliphatic carbocycles. The van der Waals surface area contributed by atoms with Crippen LogP contribution in [-0.4, -0.2) is 23.2 Å². The average Bonchev–Trinajstić information content (AvgIpc) is 3.05. The molecule has 1 fully saturated rings. The first-order valence-electron chi connectivity index (χ1n) is 7.44. The van der Waals surface area contributed by atoms with E-state index < -0.39 is 0 Å². The SMILES string of the molecule is c1ccc2c(-c3noc([C@@H]4CCCNC4)n3)cccc2c1. The van der Waals surface area contributed by atoms with Crippen LogP contribution in [0.1, 0.15) is 24.7 Å². The number of fused-ring (bicyclic) bond motifs is 1. The summed E-state index contributed by atoms with van der Waals surface area (Å²) in [5.74, 6) is 1.78. The molecule has 21 heavy (non-hydrogen) atoms. The van der Waals surface area contributed by atoms with Crippen molar-refractivity contribution in [3.8, 4) is 11.4 Å². The Balaban J connectivity index is 1.74. The minimum atomic E-state index is 0.343. The van der Waals surface area contributed by atoms with Crippen LogP contribution in [0.25, 0.3) is 22.2 Å². The second-order valence-corrected chi connectivity index (χ2v) is 5.53. The van der Waals surface area contributed by atoms with Crippen LogP contribution in [-0.2, 0) is 0 Å². The number of nitrogens with one attached hydrogen (secondary N) is 1. The van der Waals surface area contributed by atoms with Crippen molar-refractivity contribution in [2.45, 2.75) is 18.8 Å². The molecule has 1 saturated heterocycles. The molecule has 4 nitrogen and oxygen atoms in total. The number of nitrogens with zero attached hydrogens (tertiary/aromatic N) is 2. The molecule has 1 atom stereocenters. The molecule has 0 amide bonds. The van der Waals surface area contributed by atoms with Gasteiger partial charge in [-0.1, -0.05) is 47.6 Å². The highest BCUT2D eigenvalue weighted by Crippen LogP contribution is 2.29. The summed E-state index contributed by atoms with van der Waals surface area (Å²) in [5.41, 5.74) is 1.03. The van der Waals surface area contributed by atoms with Crippen molar-refractivity contribution < 1.29 is 4.52 Å². The van der Waals surface area contributed by atoms with E-state index in [-0.39, 0.29) is 0 Å². The van der Waals surface area contributed by atoms with Gasteiger partial charge in [-0.05, 0) is 30.2 Å². The number of hydrogen-bond donors (Lipinski definition) is 1. The molecule has 0 bridgehead atoms. The summed E-state index contributed by atoms with van der Waals surface area (Å²) in [6.07, 6.45) is 2.28. The Morgan fingerprint density at radius 3 is 2.90 bits per heavy atom. The highest BCUT2D eigenvalue weighted by Gasteiger charge is 2.22. The Kier molecular flexibility index (Phi) is 3.16. The molecule has 0 spiro atoms. The molecule has 1 aliphatic heterocycles. The molecule has 2 heterocycles. The summed E-state index contributed by atoms with van der Waals surface area (Å²) < 4.78 is 5.51. The summed E-state index contributed by atoms with van der Waals surface area (Å²) in [5, 5.41) is 9.94. The van der Waals surface area contributed by atoms with Crippen LogP contribution in [0.4, 0.5) is 0 Å². The van der Waals surface area contributed by atoms with Crippen molar-refractivity contribution in [2.24, 2.45) is 0 Å². The van der Waals surface area contributed by atoms with Gasteiger partial charge in [-0.2, -0.15) is 4.98 Å². The number of hydrogen-bond acceptors (Lipinski definition) is 4. The summed E-state index contributed by atoms with van der Waals surface area (Å²) in [6.45, 7) is 2.01. The largest absolute Gasteiger partial charge is 0.339 e. The standard InChI is InChI=1S/C17H17N3O/c1-2-8-14-12(5-1)6-3-9-15(14)16-19-17(21-20-16)13-7-4-10-18-11-13/h1-3,5-6,8-9,13,18H,4,7,10-11H2/t13-/m1/s1. The van der Waals surface area contributed by atoms with Crippen LogP contribution < -0.4 is 5.32 Å². The van der Waals surface area contributed by atoms with Crippen LogP contribution in [0.15, 0.2) is 47.0 Å². The van der Waals surface area contributed by atoms with E-state index in [4.69, 9.17) is 4.52 Å². The Bertz CT molecular complexity index is 754. The molecular weight excluding hydrogens is 262 g/mol. The summed E-state index contributed by atoms with van der Waals surface area (Å²) >= 11 is 0. The van der Waals surface area contributed by atoms with E-state index >= 15 is 0 Å². The maximum atomic E-state index is 5.51. The minimum Gasteiger partial charge on any atom is -0.339 e. The van der Waals surface area contributed by atoms with Gasteiger partial charge in [-0.25, -0.2) is 0 Å². The van der Waals surface area contributed by atoms with Crippen LogP contribution in [0.2, 0.25) is 0 Å². The van der Waals surface area contributed by atoms with Gasteiger partial charge in [0.05, 0.1) is 5.92 Å². The monoisotopic (exact) mass is 279 g/mol. The molecule has 1 aliphatic rings. The van der Waals surface area contributed by atoms with Gasteiger partial charge >= 0.3 is 0 Å². The minimum absolute atomic E-state index is 0.343. The van der Waals surface area contributed by atoms with E-state index in [0.29, 0.717) is 11.7 Å². The van der Waals surface area contributed by atoms with Crippen molar-refractivity contribution >= 4 is 10.8 Å². The van der Waals surface area contributed by atoms with Gasteiger partial charge < -0.3 is 9.84 Å². The smallest absolute Gasteiger partial charge is 0.231 e. The molecule has 4 heteroatoms. The molecule has 0 unspecified atom stereocenters. The van der Waals surface area contributed by atoms with Gasteiger partial charge in [0, 0.05) is 12.1 Å². The van der Waals surface area contributed by atoms with Gasteiger partial charge in [0.1, 0.15) is 0 Å². The third kappa shape index (κ3) is 2.32. The van der Waals surface area contributed by atoms with Crippen molar-refractivity contribution in [3.63, 3.8) is 0 Å². The first-order chi connectivity index (χ1) is 10.4. The Morgan fingerprint density at radius 2 is 2.00 bits per heavy atom. The van der Waals surface area contributed by atoms with E-state index in [0.717, 1.165) is 42.8 Å². The lowest BCUT2D eigenvalue weighted by atomic mass is 10.00. The fourth-order valence-electron chi connectivity index (χ4n) is 2.99. The molecule has 2 aromatic carbocycles. The number of benzene rings is 2. The highest BCUT2D eigenvalue weighted by atomic mass is 16.5. The van der Waals surface area contributed by atoms with Crippen molar-refractivity contribution in [2.75, 3.05) is 13.1 Å². The van der Waals surface area contributed by atoms with E-state index in [9.17, 15) is 0 Å². The number of piperidine rings is 1. The maximum Gasteiger partial charge on any atom is 0.231 e. The quantitative estimate of drug-likeness (QED) is 0.781. The lowest BCUT2D eigenvalue weighted by Crippen LogP contribution is -2.28. The Labute approximate surface area is 123 Å². The van der Waals surface area contributed by atoms with Gasteiger partial charge in [0.15, 0.2) is 0 Å². The molecule has 0 radical (unpaired) electrons. The third-order valence-electron chi connectivity index (χ3n) is 4.12. The van der Waals surface area contributed by atoms with Crippen molar-refractivity contribution in [1.82, 2.24) is 15.5 Å². The summed E-state index contributed by atoms with van der Waals surface area (Å²) in [6, 6.07) is 14.5. The van der Waals surface area contributed by atoms with Gasteiger partial charge in [0.2, 0.25) is 11.7 Å². The van der Waals surface area contributed by atoms with Gasteiger partial charge in [-0.15, -0.1) is 0 Å². The predicted octanol–water partition coefficient (Wildman–Crippen LogP) is 3.36. The first-order valence-corrected chi connectivity index (χ1v) is 7.44. The van der Waals surface area contributed by atoms with Gasteiger partial charge in [-0.3, -0.25) is 0 Å². The van der Waals surface area contributed by atoms with Gasteiger partial charge in [0.25, 0.3) is 0 Å². The zero-order valence-electron chi connectivity index (χ0n) is 11.7. The van der Waals surface area contributed by atoms with E-state index in [1.54, 1.807) is 0 Å². The molecule has 3 aromatic rings. The average molecular weight is 279 g/mol. The van der Waals surface area contributed by atoms with E-state index in [1.807, 2.05) is 18.2 Å². The lowest BCUT2D eigenvalue weighted by molar-refractivity contribution is 0.322. The molecule has 106 valence electrons. The zero-order valence-corrected chi connectivity index (χ0v) is 11.7. The molecule has 1 aromatic heterocycles. The number of rotatable bonds is 2. The van der Waals surface area contributed by atoms with Crippen LogP contribution in [0.3, 0.4) is 0 Å². The second-order valence-electron chi connectivity index (χ2n) is 5.53. The fourth-order valence-corrected chi connectivity index (χ4v) is 2.99. The van der Waals surface area contributed by atoms with E-state index in [2.05, 4.69) is 39.7 Å². The van der Waals surface area contributed by atoms with E-state index in [1.165, 1.54) is 5.39 Å². The fraction of sp³-hybridized carbons (Fsp3) is 0.294. The lowest BCUT2D eigenvalue weighted by Gasteiger charge is -2.18. The Hall–Kier alpha value is -2.20. The number of aromatic nitrogens is 2. The predicted molar refractivity (Wildman–Crippen MR) is 82.1 cm³/mol. The summed E-state index contributed by atoms with van der Waals surface area (Å²) in [4.78, 5) is 4.64.